The van der Waals surface area contributed by atoms with Gasteiger partial charge in [-0.05, 0) is 0 Å². The van der Waals surface area contributed by atoms with Crippen molar-refractivity contribution >= 4 is 17.7 Å². The fourth-order valence-electron chi connectivity index (χ4n) is 0.664. The summed E-state index contributed by atoms with van der Waals surface area (Å²) in [5.41, 5.74) is 0. The Bertz CT molecular complexity index is 302. The van der Waals surface area contributed by atoms with E-state index in [4.69, 9.17) is 6.42 Å². The third-order valence-corrected chi connectivity index (χ3v) is 2.10. The van der Waals surface area contributed by atoms with E-state index in [-0.39, 0.29) is 12.5 Å². The summed E-state index contributed by atoms with van der Waals surface area (Å²) in [5.74, 6) is 2.57. The molecule has 0 aromatic carbocycles. The number of amides is 1. The monoisotopic (exact) mass is 195 g/mol. The highest BCUT2D eigenvalue weighted by atomic mass is 32.2. The molecule has 0 fully saturated rings. The number of terminal acetylenes is 1. The van der Waals surface area contributed by atoms with Crippen LogP contribution in [-0.4, -0.2) is 28.2 Å². The van der Waals surface area contributed by atoms with Crippen molar-refractivity contribution in [2.24, 2.45) is 0 Å². The molecule has 0 aliphatic rings. The molecule has 0 aliphatic heterocycles. The van der Waals surface area contributed by atoms with Crippen LogP contribution in [0, 0.1) is 12.3 Å². The van der Waals surface area contributed by atoms with Crippen LogP contribution in [0.2, 0.25) is 0 Å². The van der Waals surface area contributed by atoms with Crippen LogP contribution in [0.15, 0.2) is 17.6 Å². The second-order valence-corrected chi connectivity index (χ2v) is 3.13. The standard InChI is InChI=1S/C8H9N3OS/c1-2-3-9-7(12)6-13-8-10-4-5-11-8/h1,4-5H,3,6H2,(H,9,12)(H,10,11). The van der Waals surface area contributed by atoms with Gasteiger partial charge in [-0.2, -0.15) is 0 Å². The largest absolute Gasteiger partial charge is 0.344 e. The predicted octanol–water partition coefficient (Wildman–Crippen LogP) is 0.251. The van der Waals surface area contributed by atoms with Crippen molar-refractivity contribution in [1.29, 1.82) is 0 Å². The van der Waals surface area contributed by atoms with E-state index in [0.29, 0.717) is 5.75 Å². The number of nitrogens with zero attached hydrogens (tertiary/aromatic N) is 1. The Kier molecular flexibility index (Phi) is 3.93. The Morgan fingerprint density at radius 3 is 3.31 bits per heavy atom. The number of hydrogen-bond donors (Lipinski definition) is 2. The van der Waals surface area contributed by atoms with Gasteiger partial charge in [0.05, 0.1) is 12.3 Å². The molecule has 1 heterocycles. The van der Waals surface area contributed by atoms with Crippen molar-refractivity contribution in [3.05, 3.63) is 12.4 Å². The summed E-state index contributed by atoms with van der Waals surface area (Å²) >= 11 is 1.34. The lowest BCUT2D eigenvalue weighted by Gasteiger charge is -1.98. The number of rotatable bonds is 4. The Balaban J connectivity index is 2.20. The Morgan fingerprint density at radius 2 is 2.69 bits per heavy atom. The van der Waals surface area contributed by atoms with Crippen LogP contribution >= 0.6 is 11.8 Å². The van der Waals surface area contributed by atoms with Gasteiger partial charge in [0, 0.05) is 12.4 Å². The van der Waals surface area contributed by atoms with Gasteiger partial charge in [-0.3, -0.25) is 4.79 Å². The van der Waals surface area contributed by atoms with E-state index in [1.165, 1.54) is 11.8 Å². The smallest absolute Gasteiger partial charge is 0.231 e. The molecule has 0 spiro atoms. The maximum Gasteiger partial charge on any atom is 0.231 e. The Morgan fingerprint density at radius 1 is 1.85 bits per heavy atom. The van der Waals surface area contributed by atoms with E-state index in [1.807, 2.05) is 0 Å². The third-order valence-electron chi connectivity index (χ3n) is 1.20. The molecular formula is C8H9N3OS. The van der Waals surface area contributed by atoms with Crippen LogP contribution in [-0.2, 0) is 4.79 Å². The molecular weight excluding hydrogens is 186 g/mol. The van der Waals surface area contributed by atoms with Crippen LogP contribution in [0.1, 0.15) is 0 Å². The van der Waals surface area contributed by atoms with E-state index in [1.54, 1.807) is 12.4 Å². The highest BCUT2D eigenvalue weighted by molar-refractivity contribution is 7.99. The molecule has 0 unspecified atom stereocenters. The Hall–Kier alpha value is -1.41. The number of aromatic amines is 1. The molecule has 1 aromatic rings. The van der Waals surface area contributed by atoms with Crippen molar-refractivity contribution in [2.75, 3.05) is 12.3 Å². The van der Waals surface area contributed by atoms with Gasteiger partial charge < -0.3 is 10.3 Å². The topological polar surface area (TPSA) is 57.8 Å². The molecule has 0 radical (unpaired) electrons. The maximum absolute atomic E-state index is 11.0. The summed E-state index contributed by atoms with van der Waals surface area (Å²) < 4.78 is 0. The van der Waals surface area contributed by atoms with Crippen molar-refractivity contribution in [3.63, 3.8) is 0 Å². The SMILES string of the molecule is C#CCNC(=O)CSc1ncc[nH]1. The lowest BCUT2D eigenvalue weighted by atomic mass is 10.6. The van der Waals surface area contributed by atoms with Gasteiger partial charge in [0.1, 0.15) is 0 Å². The van der Waals surface area contributed by atoms with Crippen LogP contribution in [0.25, 0.3) is 0 Å². The second kappa shape index (κ2) is 5.27. The lowest BCUT2D eigenvalue weighted by Crippen LogP contribution is -2.25. The van der Waals surface area contributed by atoms with Gasteiger partial charge in [0.15, 0.2) is 5.16 Å². The first kappa shape index (κ1) is 9.68. The first-order valence-electron chi connectivity index (χ1n) is 3.65. The van der Waals surface area contributed by atoms with Gasteiger partial charge in [-0.1, -0.05) is 17.7 Å². The highest BCUT2D eigenvalue weighted by Crippen LogP contribution is 2.10. The van der Waals surface area contributed by atoms with Crippen LogP contribution in [0.3, 0.4) is 0 Å². The zero-order valence-corrected chi connectivity index (χ0v) is 7.73. The molecule has 2 N–H and O–H groups in total. The van der Waals surface area contributed by atoms with E-state index < -0.39 is 0 Å². The molecule has 13 heavy (non-hydrogen) atoms. The van der Waals surface area contributed by atoms with Gasteiger partial charge in [0.2, 0.25) is 5.91 Å². The van der Waals surface area contributed by atoms with Crippen LogP contribution < -0.4 is 5.32 Å². The Labute approximate surface area is 80.5 Å². The molecule has 0 aliphatic carbocycles. The lowest BCUT2D eigenvalue weighted by molar-refractivity contribution is -0.118. The molecule has 0 atom stereocenters. The number of aromatic nitrogens is 2. The molecule has 4 nitrogen and oxygen atoms in total. The van der Waals surface area contributed by atoms with E-state index in [9.17, 15) is 4.79 Å². The summed E-state index contributed by atoms with van der Waals surface area (Å²) in [6, 6.07) is 0. The number of carbonyl (C=O) groups excluding carboxylic acids is 1. The van der Waals surface area contributed by atoms with Crippen molar-refractivity contribution in [2.45, 2.75) is 5.16 Å². The van der Waals surface area contributed by atoms with Crippen LogP contribution in [0.5, 0.6) is 0 Å². The number of carbonyl (C=O) groups is 1. The summed E-state index contributed by atoms with van der Waals surface area (Å²) in [6.07, 6.45) is 8.33. The van der Waals surface area contributed by atoms with E-state index in [2.05, 4.69) is 21.2 Å². The molecule has 1 aromatic heterocycles. The summed E-state index contributed by atoms with van der Waals surface area (Å²) in [5, 5.41) is 3.29. The fraction of sp³-hybridized carbons (Fsp3) is 0.250. The minimum atomic E-state index is -0.0839. The zero-order valence-electron chi connectivity index (χ0n) is 6.91. The minimum Gasteiger partial charge on any atom is -0.344 e. The molecule has 5 heteroatoms. The number of hydrogen-bond acceptors (Lipinski definition) is 3. The quantitative estimate of drug-likeness (QED) is 0.535. The number of nitrogens with one attached hydrogen (secondary N) is 2. The fourth-order valence-corrected chi connectivity index (χ4v) is 1.32. The van der Waals surface area contributed by atoms with Gasteiger partial charge in [-0.15, -0.1) is 6.42 Å². The van der Waals surface area contributed by atoms with Crippen molar-refractivity contribution in [3.8, 4) is 12.3 Å². The van der Waals surface area contributed by atoms with Crippen molar-refractivity contribution < 1.29 is 4.79 Å². The van der Waals surface area contributed by atoms with E-state index in [0.717, 1.165) is 5.16 Å². The zero-order chi connectivity index (χ0) is 9.52. The molecule has 1 rings (SSSR count). The average molecular weight is 195 g/mol. The normalized spacial score (nSPS) is 9.15. The predicted molar refractivity (Wildman–Crippen MR) is 51.2 cm³/mol. The number of thioether (sulfide) groups is 1. The molecule has 0 bridgehead atoms. The summed E-state index contributed by atoms with van der Waals surface area (Å²) in [6.45, 7) is 0.275. The second-order valence-electron chi connectivity index (χ2n) is 2.16. The summed E-state index contributed by atoms with van der Waals surface area (Å²) in [4.78, 5) is 17.9. The van der Waals surface area contributed by atoms with Gasteiger partial charge in [0.25, 0.3) is 0 Å². The maximum atomic E-state index is 11.0. The highest BCUT2D eigenvalue weighted by Gasteiger charge is 2.01. The van der Waals surface area contributed by atoms with Gasteiger partial charge >= 0.3 is 0 Å². The first-order chi connectivity index (χ1) is 6.33. The summed E-state index contributed by atoms with van der Waals surface area (Å²) in [7, 11) is 0. The molecule has 0 saturated heterocycles. The first-order valence-corrected chi connectivity index (χ1v) is 4.64. The van der Waals surface area contributed by atoms with E-state index >= 15 is 0 Å². The number of imidazole rings is 1. The van der Waals surface area contributed by atoms with Crippen molar-refractivity contribution in [1.82, 2.24) is 15.3 Å². The van der Waals surface area contributed by atoms with Crippen LogP contribution in [0.4, 0.5) is 0 Å². The number of H-pyrrole nitrogens is 1. The average Bonchev–Trinajstić information content (AvgIpc) is 2.64. The molecule has 0 saturated carbocycles. The minimum absolute atomic E-state index is 0.0839. The molecule has 68 valence electrons. The van der Waals surface area contributed by atoms with Gasteiger partial charge in [-0.25, -0.2) is 4.98 Å². The third kappa shape index (κ3) is 3.67. The molecule has 1 amide bonds.